The van der Waals surface area contributed by atoms with E-state index in [0.717, 1.165) is 36.6 Å². The van der Waals surface area contributed by atoms with Gasteiger partial charge in [-0.1, -0.05) is 30.0 Å². The molecule has 1 saturated heterocycles. The molecule has 0 spiro atoms. The number of halogens is 1. The lowest BCUT2D eigenvalue weighted by molar-refractivity contribution is 0.0240. The van der Waals surface area contributed by atoms with Gasteiger partial charge in [0.15, 0.2) is 11.6 Å². The number of aliphatic hydroxyl groups is 3. The van der Waals surface area contributed by atoms with Gasteiger partial charge >= 0.3 is 0 Å². The van der Waals surface area contributed by atoms with Crippen LogP contribution in [-0.2, 0) is 11.3 Å². The molecule has 0 saturated carbocycles. The minimum Gasteiger partial charge on any atom is -0.487 e. The molecule has 0 radical (unpaired) electrons. The second kappa shape index (κ2) is 12.9. The molecule has 1 aliphatic rings. The molecule has 3 aromatic rings. The summed E-state index contributed by atoms with van der Waals surface area (Å²) >= 11 is 0. The zero-order valence-electron chi connectivity index (χ0n) is 19.0. The topological polar surface area (TPSA) is 97.0 Å². The van der Waals surface area contributed by atoms with Gasteiger partial charge in [-0.05, 0) is 35.4 Å². The summed E-state index contributed by atoms with van der Waals surface area (Å²) in [7, 11) is 1.00. The second-order valence-electron chi connectivity index (χ2n) is 7.53. The molecule has 4 rings (SSSR count). The summed E-state index contributed by atoms with van der Waals surface area (Å²) < 4.78 is 27.3. The molecule has 2 heterocycles. The molecule has 0 aliphatic carbocycles. The van der Waals surface area contributed by atoms with Crippen LogP contribution in [0.1, 0.15) is 30.3 Å². The van der Waals surface area contributed by atoms with Crippen molar-refractivity contribution in [3.05, 3.63) is 72.1 Å². The first-order valence-corrected chi connectivity index (χ1v) is 11.0. The highest BCUT2D eigenvalue weighted by atomic mass is 19.1. The Kier molecular flexibility index (Phi) is 9.62. The summed E-state index contributed by atoms with van der Waals surface area (Å²) in [5.74, 6) is 6.36. The number of imidazole rings is 1. The fourth-order valence-corrected chi connectivity index (χ4v) is 3.62. The van der Waals surface area contributed by atoms with E-state index < -0.39 is 6.04 Å². The normalized spacial score (nSPS) is 14.4. The Morgan fingerprint density at radius 3 is 2.47 bits per heavy atom. The number of nitrogens with zero attached hydrogens (tertiary/aromatic N) is 2. The lowest BCUT2D eigenvalue weighted by atomic mass is 10.0. The first-order chi connectivity index (χ1) is 16.7. The molecule has 34 heavy (non-hydrogen) atoms. The van der Waals surface area contributed by atoms with Gasteiger partial charge < -0.3 is 29.4 Å². The number of ether oxygens (including phenoxy) is 2. The molecule has 1 aromatic heterocycles. The van der Waals surface area contributed by atoms with Crippen molar-refractivity contribution < 1.29 is 29.2 Å². The van der Waals surface area contributed by atoms with Gasteiger partial charge in [-0.3, -0.25) is 0 Å². The zero-order chi connectivity index (χ0) is 24.3. The average molecular weight is 469 g/mol. The lowest BCUT2D eigenvalue weighted by Crippen LogP contribution is -2.26. The summed E-state index contributed by atoms with van der Waals surface area (Å²) in [4.78, 5) is 4.04. The fourth-order valence-electron chi connectivity index (χ4n) is 3.62. The van der Waals surface area contributed by atoms with Crippen molar-refractivity contribution in [2.45, 2.75) is 31.6 Å². The molecular weight excluding hydrogens is 439 g/mol. The Bertz CT molecular complexity index is 1100. The van der Waals surface area contributed by atoms with Crippen LogP contribution in [0.3, 0.4) is 0 Å². The maximum Gasteiger partial charge on any atom is 0.165 e. The quantitative estimate of drug-likeness (QED) is 0.482. The highest BCUT2D eigenvalue weighted by molar-refractivity contribution is 5.65. The summed E-state index contributed by atoms with van der Waals surface area (Å²) in [5, 5.41) is 26.0. The number of benzene rings is 2. The summed E-state index contributed by atoms with van der Waals surface area (Å²) in [6, 6.07) is 11.9. The molecule has 8 heteroatoms. The van der Waals surface area contributed by atoms with Gasteiger partial charge in [0, 0.05) is 37.9 Å². The largest absolute Gasteiger partial charge is 0.487 e. The minimum absolute atomic E-state index is 0.0134. The van der Waals surface area contributed by atoms with E-state index >= 15 is 0 Å². The molecular formula is C26H29FN2O5. The van der Waals surface area contributed by atoms with Crippen molar-refractivity contribution in [1.82, 2.24) is 9.55 Å². The van der Waals surface area contributed by atoms with E-state index in [4.69, 9.17) is 14.6 Å². The minimum atomic E-state index is -0.503. The Balaban J connectivity index is 0.00000158. The predicted molar refractivity (Wildman–Crippen MR) is 126 cm³/mol. The van der Waals surface area contributed by atoms with E-state index in [1.54, 1.807) is 23.0 Å². The van der Waals surface area contributed by atoms with Crippen LogP contribution in [0.2, 0.25) is 0 Å². The van der Waals surface area contributed by atoms with Gasteiger partial charge in [-0.2, -0.15) is 0 Å². The highest BCUT2D eigenvalue weighted by Crippen LogP contribution is 2.28. The highest BCUT2D eigenvalue weighted by Gasteiger charge is 2.17. The molecule has 7 nitrogen and oxygen atoms in total. The molecule has 0 bridgehead atoms. The van der Waals surface area contributed by atoms with Crippen LogP contribution < -0.4 is 4.74 Å². The summed E-state index contributed by atoms with van der Waals surface area (Å²) in [5.41, 5.74) is 2.38. The molecule has 0 amide bonds. The van der Waals surface area contributed by atoms with Gasteiger partial charge in [0.05, 0.1) is 19.8 Å². The fraction of sp³-hybridized carbons (Fsp3) is 0.346. The van der Waals surface area contributed by atoms with E-state index in [1.807, 2.05) is 30.3 Å². The number of aromatic nitrogens is 2. The van der Waals surface area contributed by atoms with Crippen molar-refractivity contribution in [2.24, 2.45) is 0 Å². The van der Waals surface area contributed by atoms with Crippen LogP contribution in [0.5, 0.6) is 5.75 Å². The Labute approximate surface area is 198 Å². The maximum atomic E-state index is 14.6. The van der Waals surface area contributed by atoms with Gasteiger partial charge in [0.25, 0.3) is 0 Å². The summed E-state index contributed by atoms with van der Waals surface area (Å²) in [6.45, 7) is 0.860. The standard InChI is InChI=1S/C25H25FN2O4.CH4O/c26-23-15-20(6-8-24(23)32-22-9-13-31-14-10-22)19-4-1-18(2-5-19)3-7-21(16-29)28-12-11-27-25(28)17-30;1-2/h1-2,4-6,8,11-12,15,21-22,29-30H,9-10,13-14,16-17H2;2H,1H3. The predicted octanol–water partition coefficient (Wildman–Crippen LogP) is 2.93. The number of hydrogen-bond acceptors (Lipinski definition) is 6. The van der Waals surface area contributed by atoms with Crippen LogP contribution in [0.25, 0.3) is 11.1 Å². The van der Waals surface area contributed by atoms with Crippen LogP contribution in [0.15, 0.2) is 54.9 Å². The lowest BCUT2D eigenvalue weighted by Gasteiger charge is -2.23. The third-order valence-corrected chi connectivity index (χ3v) is 5.39. The van der Waals surface area contributed by atoms with Crippen LogP contribution >= 0.6 is 0 Å². The van der Waals surface area contributed by atoms with Crippen molar-refractivity contribution in [3.8, 4) is 28.7 Å². The third kappa shape index (κ3) is 6.43. The Morgan fingerprint density at radius 1 is 1.12 bits per heavy atom. The summed E-state index contributed by atoms with van der Waals surface area (Å²) in [6.07, 6.45) is 4.75. The number of rotatable bonds is 6. The van der Waals surface area contributed by atoms with Gasteiger partial charge in [0.1, 0.15) is 24.6 Å². The molecule has 1 aliphatic heterocycles. The number of aliphatic hydroxyl groups excluding tert-OH is 3. The smallest absolute Gasteiger partial charge is 0.165 e. The van der Waals surface area contributed by atoms with Crippen molar-refractivity contribution in [3.63, 3.8) is 0 Å². The van der Waals surface area contributed by atoms with E-state index in [0.29, 0.717) is 19.0 Å². The molecule has 1 atom stereocenters. The van der Waals surface area contributed by atoms with E-state index in [2.05, 4.69) is 16.8 Å². The van der Waals surface area contributed by atoms with Gasteiger partial charge in [-0.15, -0.1) is 0 Å². The van der Waals surface area contributed by atoms with E-state index in [-0.39, 0.29) is 30.9 Å². The van der Waals surface area contributed by atoms with Crippen molar-refractivity contribution in [1.29, 1.82) is 0 Å². The Hall–Kier alpha value is -3.22. The molecule has 180 valence electrons. The molecule has 1 unspecified atom stereocenters. The van der Waals surface area contributed by atoms with Crippen molar-refractivity contribution in [2.75, 3.05) is 26.9 Å². The maximum absolute atomic E-state index is 14.6. The van der Waals surface area contributed by atoms with Crippen molar-refractivity contribution >= 4 is 0 Å². The van der Waals surface area contributed by atoms with Gasteiger partial charge in [-0.25, -0.2) is 9.37 Å². The Morgan fingerprint density at radius 2 is 1.82 bits per heavy atom. The van der Waals surface area contributed by atoms with Crippen LogP contribution in [0, 0.1) is 17.7 Å². The average Bonchev–Trinajstić information content (AvgIpc) is 3.37. The first-order valence-electron chi connectivity index (χ1n) is 11.0. The number of hydrogen-bond donors (Lipinski definition) is 3. The molecule has 2 aromatic carbocycles. The SMILES string of the molecule is CO.OCc1nccn1C(C#Cc1ccc(-c2ccc(OC3CCOCC3)c(F)c2)cc1)CO. The van der Waals surface area contributed by atoms with Gasteiger partial charge in [0.2, 0.25) is 0 Å². The van der Waals surface area contributed by atoms with Crippen LogP contribution in [0.4, 0.5) is 4.39 Å². The van der Waals surface area contributed by atoms with E-state index in [9.17, 15) is 14.6 Å². The molecule has 3 N–H and O–H groups in total. The monoisotopic (exact) mass is 468 g/mol. The van der Waals surface area contributed by atoms with Crippen LogP contribution in [-0.4, -0.2) is 57.9 Å². The molecule has 1 fully saturated rings. The van der Waals surface area contributed by atoms with E-state index in [1.165, 1.54) is 6.07 Å². The second-order valence-corrected chi connectivity index (χ2v) is 7.53. The zero-order valence-corrected chi connectivity index (χ0v) is 19.0. The third-order valence-electron chi connectivity index (χ3n) is 5.39. The first kappa shape index (κ1) is 25.4.